The standard InChI is InChI=1S/C22H20N4O2S/c1-16-9-11-17(12-10-16)21-24-22(23-14-19-8-5-13-29-19)26(25-21)20(27)15-28-18-6-3-2-4-7-18/h2-13H,14-15H2,1H3,(H,23,24,25). The third-order valence-corrected chi connectivity index (χ3v) is 5.14. The van der Waals surface area contributed by atoms with Crippen LogP contribution >= 0.6 is 11.3 Å². The molecule has 0 aliphatic rings. The number of rotatable bonds is 7. The molecular formula is C22H20N4O2S. The van der Waals surface area contributed by atoms with E-state index in [0.717, 1.165) is 16.0 Å². The van der Waals surface area contributed by atoms with Crippen LogP contribution < -0.4 is 10.1 Å². The molecule has 0 bridgehead atoms. The van der Waals surface area contributed by atoms with Crippen LogP contribution in [0.5, 0.6) is 5.75 Å². The minimum atomic E-state index is -0.298. The van der Waals surface area contributed by atoms with Crippen LogP contribution in [-0.2, 0) is 6.54 Å². The van der Waals surface area contributed by atoms with Crippen molar-refractivity contribution in [1.82, 2.24) is 14.8 Å². The molecule has 0 unspecified atom stereocenters. The Labute approximate surface area is 172 Å². The topological polar surface area (TPSA) is 69.0 Å². The zero-order chi connectivity index (χ0) is 20.1. The predicted octanol–water partition coefficient (Wildman–Crippen LogP) is 4.65. The van der Waals surface area contributed by atoms with Gasteiger partial charge in [0.15, 0.2) is 12.4 Å². The normalized spacial score (nSPS) is 10.7. The minimum absolute atomic E-state index is 0.131. The molecular weight excluding hydrogens is 384 g/mol. The van der Waals surface area contributed by atoms with E-state index in [4.69, 9.17) is 4.74 Å². The smallest absolute Gasteiger partial charge is 0.287 e. The first kappa shape index (κ1) is 18.9. The average molecular weight is 404 g/mol. The fraction of sp³-hybridized carbons (Fsp3) is 0.136. The average Bonchev–Trinajstić information content (AvgIpc) is 3.42. The fourth-order valence-electron chi connectivity index (χ4n) is 2.73. The molecule has 0 radical (unpaired) electrons. The highest BCUT2D eigenvalue weighted by Gasteiger charge is 2.18. The van der Waals surface area contributed by atoms with E-state index in [-0.39, 0.29) is 12.5 Å². The summed E-state index contributed by atoms with van der Waals surface area (Å²) >= 11 is 1.64. The first-order valence-corrected chi connectivity index (χ1v) is 10.1. The maximum atomic E-state index is 12.8. The van der Waals surface area contributed by atoms with Crippen LogP contribution in [-0.4, -0.2) is 27.3 Å². The number of thiophene rings is 1. The fourth-order valence-corrected chi connectivity index (χ4v) is 3.37. The molecule has 0 fully saturated rings. The number of ether oxygens (including phenoxy) is 1. The van der Waals surface area contributed by atoms with Gasteiger partial charge in [-0.2, -0.15) is 9.67 Å². The third kappa shape index (κ3) is 4.70. The highest BCUT2D eigenvalue weighted by atomic mass is 32.1. The van der Waals surface area contributed by atoms with Gasteiger partial charge in [-0.3, -0.25) is 4.79 Å². The Balaban J connectivity index is 1.57. The van der Waals surface area contributed by atoms with E-state index in [0.29, 0.717) is 24.1 Å². The summed E-state index contributed by atoms with van der Waals surface area (Å²) in [5, 5.41) is 9.67. The van der Waals surface area contributed by atoms with E-state index in [2.05, 4.69) is 15.4 Å². The number of carbonyl (C=O) groups excluding carboxylic acids is 1. The van der Waals surface area contributed by atoms with Gasteiger partial charge in [-0.1, -0.05) is 54.1 Å². The molecule has 0 spiro atoms. The number of para-hydroxylation sites is 1. The second-order valence-electron chi connectivity index (χ2n) is 6.47. The quantitative estimate of drug-likeness (QED) is 0.486. The molecule has 2 aromatic heterocycles. The number of carbonyl (C=O) groups is 1. The maximum Gasteiger partial charge on any atom is 0.287 e. The van der Waals surface area contributed by atoms with Crippen molar-refractivity contribution in [2.24, 2.45) is 0 Å². The van der Waals surface area contributed by atoms with Crippen molar-refractivity contribution in [2.75, 3.05) is 11.9 Å². The van der Waals surface area contributed by atoms with Gasteiger partial charge in [0, 0.05) is 10.4 Å². The highest BCUT2D eigenvalue weighted by molar-refractivity contribution is 7.09. The molecule has 0 amide bonds. The van der Waals surface area contributed by atoms with Gasteiger partial charge < -0.3 is 10.1 Å². The van der Waals surface area contributed by atoms with Gasteiger partial charge in [-0.05, 0) is 30.5 Å². The van der Waals surface area contributed by atoms with Gasteiger partial charge in [-0.25, -0.2) is 0 Å². The number of aryl methyl sites for hydroxylation is 1. The Hall–Kier alpha value is -3.45. The van der Waals surface area contributed by atoms with Gasteiger partial charge in [0.2, 0.25) is 5.95 Å². The van der Waals surface area contributed by atoms with E-state index in [1.165, 1.54) is 4.68 Å². The Morgan fingerprint density at radius 1 is 1.07 bits per heavy atom. The number of hydrogen-bond donors (Lipinski definition) is 1. The second-order valence-corrected chi connectivity index (χ2v) is 7.50. The van der Waals surface area contributed by atoms with E-state index in [9.17, 15) is 4.79 Å². The van der Waals surface area contributed by atoms with Gasteiger partial charge in [0.25, 0.3) is 5.91 Å². The van der Waals surface area contributed by atoms with Gasteiger partial charge in [0.05, 0.1) is 6.54 Å². The van der Waals surface area contributed by atoms with Crippen LogP contribution in [0.15, 0.2) is 72.1 Å². The molecule has 146 valence electrons. The van der Waals surface area contributed by atoms with Crippen molar-refractivity contribution < 1.29 is 9.53 Å². The number of hydrogen-bond acceptors (Lipinski definition) is 6. The van der Waals surface area contributed by atoms with Crippen LogP contribution in [0, 0.1) is 6.92 Å². The number of nitrogens with zero attached hydrogens (tertiary/aromatic N) is 3. The summed E-state index contributed by atoms with van der Waals surface area (Å²) in [6, 6.07) is 21.1. The lowest BCUT2D eigenvalue weighted by Gasteiger charge is -2.08. The maximum absolute atomic E-state index is 12.8. The Morgan fingerprint density at radius 2 is 1.86 bits per heavy atom. The first-order chi connectivity index (χ1) is 14.2. The minimum Gasteiger partial charge on any atom is -0.484 e. The zero-order valence-electron chi connectivity index (χ0n) is 15.9. The molecule has 0 saturated carbocycles. The van der Waals surface area contributed by atoms with Crippen LogP contribution in [0.25, 0.3) is 11.4 Å². The zero-order valence-corrected chi connectivity index (χ0v) is 16.7. The first-order valence-electron chi connectivity index (χ1n) is 9.20. The molecule has 0 atom stereocenters. The molecule has 0 aliphatic carbocycles. The summed E-state index contributed by atoms with van der Waals surface area (Å²) in [7, 11) is 0. The molecule has 29 heavy (non-hydrogen) atoms. The summed E-state index contributed by atoms with van der Waals surface area (Å²) in [4.78, 5) is 18.5. The highest BCUT2D eigenvalue weighted by Crippen LogP contribution is 2.20. The van der Waals surface area contributed by atoms with E-state index < -0.39 is 0 Å². The van der Waals surface area contributed by atoms with Gasteiger partial charge in [0.1, 0.15) is 5.75 Å². The molecule has 0 saturated heterocycles. The predicted molar refractivity (Wildman–Crippen MR) is 114 cm³/mol. The number of nitrogens with one attached hydrogen (secondary N) is 1. The molecule has 0 aliphatic heterocycles. The Kier molecular flexibility index (Phi) is 5.67. The summed E-state index contributed by atoms with van der Waals surface area (Å²) in [6.07, 6.45) is 0. The summed E-state index contributed by atoms with van der Waals surface area (Å²) < 4.78 is 6.88. The third-order valence-electron chi connectivity index (χ3n) is 4.26. The van der Waals surface area contributed by atoms with Crippen LogP contribution in [0.4, 0.5) is 5.95 Å². The number of aromatic nitrogens is 3. The largest absolute Gasteiger partial charge is 0.484 e. The lowest BCUT2D eigenvalue weighted by Crippen LogP contribution is -2.22. The summed E-state index contributed by atoms with van der Waals surface area (Å²) in [6.45, 7) is 2.46. The Morgan fingerprint density at radius 3 is 2.59 bits per heavy atom. The van der Waals surface area contributed by atoms with Gasteiger partial charge in [-0.15, -0.1) is 16.4 Å². The van der Waals surface area contributed by atoms with Crippen molar-refractivity contribution in [3.05, 3.63) is 82.6 Å². The summed E-state index contributed by atoms with van der Waals surface area (Å²) in [5.74, 6) is 1.23. The van der Waals surface area contributed by atoms with Crippen LogP contribution in [0.2, 0.25) is 0 Å². The monoisotopic (exact) mass is 404 g/mol. The molecule has 7 heteroatoms. The van der Waals surface area contributed by atoms with Crippen molar-refractivity contribution in [3.63, 3.8) is 0 Å². The molecule has 2 heterocycles. The van der Waals surface area contributed by atoms with E-state index in [1.54, 1.807) is 11.3 Å². The van der Waals surface area contributed by atoms with Crippen molar-refractivity contribution >= 4 is 23.2 Å². The van der Waals surface area contributed by atoms with E-state index >= 15 is 0 Å². The summed E-state index contributed by atoms with van der Waals surface area (Å²) in [5.41, 5.74) is 2.00. The molecule has 4 rings (SSSR count). The molecule has 1 N–H and O–H groups in total. The second kappa shape index (κ2) is 8.70. The van der Waals surface area contributed by atoms with Crippen molar-refractivity contribution in [1.29, 1.82) is 0 Å². The van der Waals surface area contributed by atoms with Crippen LogP contribution in [0.3, 0.4) is 0 Å². The lowest BCUT2D eigenvalue weighted by molar-refractivity contribution is 0.0824. The molecule has 2 aromatic carbocycles. The van der Waals surface area contributed by atoms with Crippen molar-refractivity contribution in [2.45, 2.75) is 13.5 Å². The van der Waals surface area contributed by atoms with E-state index in [1.807, 2.05) is 79.0 Å². The SMILES string of the molecule is Cc1ccc(-c2nc(NCc3cccs3)n(C(=O)COc3ccccc3)n2)cc1. The molecule has 6 nitrogen and oxygen atoms in total. The van der Waals surface area contributed by atoms with Crippen LogP contribution in [0.1, 0.15) is 15.2 Å². The Bertz CT molecular complexity index is 1070. The lowest BCUT2D eigenvalue weighted by atomic mass is 10.1. The van der Waals surface area contributed by atoms with Gasteiger partial charge >= 0.3 is 0 Å². The molecule has 4 aromatic rings. The number of anilines is 1. The van der Waals surface area contributed by atoms with Crippen molar-refractivity contribution in [3.8, 4) is 17.1 Å². The number of benzene rings is 2.